The topological polar surface area (TPSA) is 16.2 Å². The molecule has 0 atom stereocenters. The summed E-state index contributed by atoms with van der Waals surface area (Å²) >= 11 is 0. The Labute approximate surface area is 127 Å². The highest BCUT2D eigenvalue weighted by atomic mass is 15.0. The van der Waals surface area contributed by atoms with Crippen molar-refractivity contribution < 1.29 is 4.57 Å². The number of aliphatic imine (C=N–C) groups is 1. The molecule has 0 fully saturated rings. The molecular formula is C19H24N2+2. The van der Waals surface area contributed by atoms with Crippen LogP contribution in [0.1, 0.15) is 51.3 Å². The highest BCUT2D eigenvalue weighted by Crippen LogP contribution is 2.44. The van der Waals surface area contributed by atoms with E-state index in [4.69, 9.17) is 4.99 Å². The average Bonchev–Trinajstić information content (AvgIpc) is 2.70. The van der Waals surface area contributed by atoms with Crippen LogP contribution in [-0.2, 0) is 6.54 Å². The predicted molar refractivity (Wildman–Crippen MR) is 87.1 cm³/mol. The van der Waals surface area contributed by atoms with Gasteiger partial charge in [0, 0.05) is 18.6 Å². The number of nitrogens with zero attached hydrogens (tertiary/aromatic N) is 2. The first-order chi connectivity index (χ1) is 10.1. The third kappa shape index (κ3) is 2.23. The van der Waals surface area contributed by atoms with Crippen LogP contribution in [-0.4, -0.2) is 5.71 Å². The Bertz CT molecular complexity index is 648. The molecule has 2 nitrogen and oxygen atoms in total. The number of rotatable bonds is 4. The van der Waals surface area contributed by atoms with Gasteiger partial charge in [0.2, 0.25) is 0 Å². The van der Waals surface area contributed by atoms with E-state index in [1.807, 2.05) is 0 Å². The lowest BCUT2D eigenvalue weighted by Gasteiger charge is -2.17. The molecule has 21 heavy (non-hydrogen) atoms. The van der Waals surface area contributed by atoms with Crippen LogP contribution in [0, 0.1) is 11.8 Å². The van der Waals surface area contributed by atoms with Gasteiger partial charge in [-0.1, -0.05) is 19.9 Å². The van der Waals surface area contributed by atoms with E-state index in [1.54, 1.807) is 0 Å². The van der Waals surface area contributed by atoms with Crippen LogP contribution >= 0.6 is 0 Å². The Morgan fingerprint density at radius 3 is 2.90 bits per heavy atom. The number of hydrogen-bond donors (Lipinski definition) is 0. The average molecular weight is 280 g/mol. The summed E-state index contributed by atoms with van der Waals surface area (Å²) in [5, 5.41) is 0. The zero-order valence-electron chi connectivity index (χ0n) is 13.3. The fraction of sp³-hybridized carbons (Fsp3) is 0.421. The number of aromatic nitrogens is 1. The summed E-state index contributed by atoms with van der Waals surface area (Å²) in [6.07, 6.45) is 10.4. The second kappa shape index (κ2) is 5.18. The number of allylic oxidation sites excluding steroid dienone is 2. The van der Waals surface area contributed by atoms with Crippen molar-refractivity contribution in [2.75, 3.05) is 0 Å². The van der Waals surface area contributed by atoms with E-state index in [2.05, 4.69) is 62.7 Å². The van der Waals surface area contributed by atoms with Gasteiger partial charge in [0.05, 0.1) is 22.8 Å². The molecule has 0 amide bonds. The van der Waals surface area contributed by atoms with Crippen molar-refractivity contribution in [3.63, 3.8) is 0 Å². The van der Waals surface area contributed by atoms with Crippen molar-refractivity contribution in [1.29, 1.82) is 0 Å². The summed E-state index contributed by atoms with van der Waals surface area (Å²) in [6, 6.07) is 4.32. The van der Waals surface area contributed by atoms with Crippen molar-refractivity contribution in [1.82, 2.24) is 0 Å². The highest BCUT2D eigenvalue weighted by Gasteiger charge is 2.47. The van der Waals surface area contributed by atoms with Crippen LogP contribution in [0.25, 0.3) is 0 Å². The van der Waals surface area contributed by atoms with Crippen molar-refractivity contribution in [3.8, 4) is 0 Å². The molecule has 108 valence electrons. The molecule has 0 spiro atoms. The molecule has 0 saturated heterocycles. The van der Waals surface area contributed by atoms with Gasteiger partial charge in [-0.15, -0.1) is 0 Å². The van der Waals surface area contributed by atoms with Gasteiger partial charge in [-0.05, 0) is 20.3 Å². The fourth-order valence-corrected chi connectivity index (χ4v) is 3.12. The lowest BCUT2D eigenvalue weighted by Crippen LogP contribution is -2.40. The predicted octanol–water partition coefficient (Wildman–Crippen LogP) is 4.00. The minimum absolute atomic E-state index is 0.0492. The van der Waals surface area contributed by atoms with Gasteiger partial charge in [0.25, 0.3) is 0 Å². The lowest BCUT2D eigenvalue weighted by molar-refractivity contribution is -0.701. The van der Waals surface area contributed by atoms with Crippen molar-refractivity contribution >= 4 is 5.71 Å². The molecule has 0 bridgehead atoms. The third-order valence-electron chi connectivity index (χ3n) is 4.68. The fourth-order valence-electron chi connectivity index (χ4n) is 3.12. The molecule has 0 saturated carbocycles. The number of aryl methyl sites for hydroxylation is 1. The summed E-state index contributed by atoms with van der Waals surface area (Å²) in [5.74, 6) is 0. The number of fused-ring (bicyclic) bond motifs is 3. The summed E-state index contributed by atoms with van der Waals surface area (Å²) in [4.78, 5) is 4.76. The SMILES string of the molecule is C=C1N=C2C(=C[CH+]c3c2ccc[n+]3CCCCC)C1(C)C. The van der Waals surface area contributed by atoms with Crippen LogP contribution in [0.2, 0.25) is 0 Å². The first-order valence-electron chi connectivity index (χ1n) is 7.92. The van der Waals surface area contributed by atoms with Gasteiger partial charge in [0.1, 0.15) is 6.42 Å². The van der Waals surface area contributed by atoms with E-state index in [1.165, 1.54) is 36.1 Å². The van der Waals surface area contributed by atoms with E-state index >= 15 is 0 Å². The molecule has 1 aromatic heterocycles. The summed E-state index contributed by atoms with van der Waals surface area (Å²) in [7, 11) is 0. The molecule has 0 aromatic carbocycles. The Morgan fingerprint density at radius 1 is 1.33 bits per heavy atom. The second-order valence-electron chi connectivity index (χ2n) is 6.49. The molecular weight excluding hydrogens is 256 g/mol. The first kappa shape index (κ1) is 14.1. The van der Waals surface area contributed by atoms with Gasteiger partial charge in [-0.3, -0.25) is 0 Å². The molecule has 2 aliphatic rings. The van der Waals surface area contributed by atoms with Crippen molar-refractivity contribution in [2.24, 2.45) is 10.4 Å². The standard InChI is InChI=1S/C19H24N2/c1-5-6-7-12-21-13-8-9-15-17(21)11-10-16-18(15)20-14(2)19(16,3)4/h8-11,13H,2,5-7,12H2,1,3-4H3/q+2. The molecule has 0 N–H and O–H groups in total. The van der Waals surface area contributed by atoms with Crippen LogP contribution in [0.4, 0.5) is 0 Å². The molecule has 2 heterocycles. The van der Waals surface area contributed by atoms with Gasteiger partial charge < -0.3 is 0 Å². The minimum atomic E-state index is -0.0492. The first-order valence-corrected chi connectivity index (χ1v) is 7.92. The molecule has 1 aliphatic carbocycles. The maximum absolute atomic E-state index is 4.76. The largest absolute Gasteiger partial charge is 0.322 e. The van der Waals surface area contributed by atoms with Gasteiger partial charge >= 0.3 is 5.69 Å². The highest BCUT2D eigenvalue weighted by molar-refractivity contribution is 6.18. The van der Waals surface area contributed by atoms with Gasteiger partial charge in [0.15, 0.2) is 24.0 Å². The monoisotopic (exact) mass is 280 g/mol. The maximum Gasteiger partial charge on any atom is 0.322 e. The molecule has 0 radical (unpaired) electrons. The normalized spacial score (nSPS) is 18.5. The van der Waals surface area contributed by atoms with E-state index < -0.39 is 0 Å². The minimum Gasteiger partial charge on any atom is -0.224 e. The van der Waals surface area contributed by atoms with Crippen LogP contribution < -0.4 is 4.57 Å². The maximum atomic E-state index is 4.76. The Kier molecular flexibility index (Phi) is 3.48. The summed E-state index contributed by atoms with van der Waals surface area (Å²) < 4.78 is 2.36. The Morgan fingerprint density at radius 2 is 2.14 bits per heavy atom. The van der Waals surface area contributed by atoms with Crippen LogP contribution in [0.15, 0.2) is 47.2 Å². The second-order valence-corrected chi connectivity index (χ2v) is 6.49. The van der Waals surface area contributed by atoms with Crippen molar-refractivity contribution in [3.05, 3.63) is 59.9 Å². The summed E-state index contributed by atoms with van der Waals surface area (Å²) in [5.41, 5.74) is 5.86. The smallest absolute Gasteiger partial charge is 0.224 e. The Balaban J connectivity index is 1.98. The van der Waals surface area contributed by atoms with E-state index in [0.717, 1.165) is 18.0 Å². The molecule has 2 heteroatoms. The number of unbranched alkanes of at least 4 members (excludes halogenated alkanes) is 2. The van der Waals surface area contributed by atoms with Gasteiger partial charge in [-0.2, -0.15) is 4.57 Å². The zero-order valence-corrected chi connectivity index (χ0v) is 13.3. The van der Waals surface area contributed by atoms with Crippen LogP contribution in [0.5, 0.6) is 0 Å². The van der Waals surface area contributed by atoms with E-state index in [9.17, 15) is 0 Å². The quantitative estimate of drug-likeness (QED) is 0.450. The van der Waals surface area contributed by atoms with Crippen LogP contribution in [0.3, 0.4) is 0 Å². The molecule has 1 aromatic rings. The molecule has 0 unspecified atom stereocenters. The van der Waals surface area contributed by atoms with Crippen molar-refractivity contribution in [2.45, 2.75) is 46.6 Å². The number of pyridine rings is 1. The summed E-state index contributed by atoms with van der Waals surface area (Å²) in [6.45, 7) is 11.9. The Hall–Kier alpha value is -1.83. The van der Waals surface area contributed by atoms with Gasteiger partial charge in [-0.25, -0.2) is 4.99 Å². The zero-order chi connectivity index (χ0) is 15.0. The molecule has 3 rings (SSSR count). The van der Waals surface area contributed by atoms with E-state index in [-0.39, 0.29) is 5.41 Å². The van der Waals surface area contributed by atoms with E-state index in [0.29, 0.717) is 0 Å². The lowest BCUT2D eigenvalue weighted by atomic mass is 9.77. The molecule has 1 aliphatic heterocycles. The number of hydrogen-bond acceptors (Lipinski definition) is 1. The third-order valence-corrected chi connectivity index (χ3v) is 4.68.